The third kappa shape index (κ3) is 3.40. The van der Waals surface area contributed by atoms with Crippen molar-refractivity contribution in [3.8, 4) is 11.3 Å². The van der Waals surface area contributed by atoms with Gasteiger partial charge in [-0.05, 0) is 35.9 Å². The number of aromatic nitrogens is 4. The quantitative estimate of drug-likeness (QED) is 0.594. The maximum absolute atomic E-state index is 6.01. The summed E-state index contributed by atoms with van der Waals surface area (Å²) in [5, 5.41) is 8.18. The van der Waals surface area contributed by atoms with Gasteiger partial charge in [-0.25, -0.2) is 0 Å². The Kier molecular flexibility index (Phi) is 4.56. The van der Waals surface area contributed by atoms with Crippen LogP contribution < -0.4 is 0 Å². The van der Waals surface area contributed by atoms with E-state index < -0.39 is 0 Å². The molecule has 1 fully saturated rings. The number of nitrogens with one attached hydrogen (secondary N) is 1. The average molecular weight is 371 g/mol. The van der Waals surface area contributed by atoms with Crippen LogP contribution in [0.5, 0.6) is 0 Å². The average Bonchev–Trinajstić information content (AvgIpc) is 3.29. The third-order valence-corrected chi connectivity index (χ3v) is 5.21. The summed E-state index contributed by atoms with van der Waals surface area (Å²) >= 11 is 0. The van der Waals surface area contributed by atoms with Crippen molar-refractivity contribution in [2.75, 3.05) is 19.7 Å². The summed E-state index contributed by atoms with van der Waals surface area (Å²) in [7, 11) is 0. The molecule has 1 aliphatic rings. The lowest BCUT2D eigenvalue weighted by molar-refractivity contribution is -0.0348. The van der Waals surface area contributed by atoms with Gasteiger partial charge in [0.15, 0.2) is 0 Å². The van der Waals surface area contributed by atoms with E-state index in [0.29, 0.717) is 6.61 Å². The van der Waals surface area contributed by atoms with Gasteiger partial charge in [-0.3, -0.25) is 20.0 Å². The fraction of sp³-hybridized carbons (Fsp3) is 0.227. The van der Waals surface area contributed by atoms with E-state index in [1.54, 1.807) is 6.20 Å². The second-order valence-electron chi connectivity index (χ2n) is 7.02. The zero-order valence-corrected chi connectivity index (χ0v) is 15.5. The van der Waals surface area contributed by atoms with E-state index in [0.717, 1.165) is 42.1 Å². The molecular formula is C22H21N5O. The van der Waals surface area contributed by atoms with Crippen molar-refractivity contribution in [2.24, 2.45) is 0 Å². The van der Waals surface area contributed by atoms with Gasteiger partial charge < -0.3 is 4.74 Å². The van der Waals surface area contributed by atoms with Gasteiger partial charge in [0.05, 0.1) is 23.5 Å². The standard InChI is InChI=1S/C22H21N5O/c1-2-4-20-18(3-1)17(7-9-23-20)14-27-11-12-28-22(15-27)21-6-5-16(13-24-21)19-8-10-25-26-19/h1-10,13,22H,11-12,14-15H2,(H,25,26). The molecule has 3 aromatic heterocycles. The van der Waals surface area contributed by atoms with Gasteiger partial charge in [0, 0.05) is 49.2 Å². The lowest BCUT2D eigenvalue weighted by Crippen LogP contribution is -2.38. The first-order valence-electron chi connectivity index (χ1n) is 9.49. The number of hydrogen-bond acceptors (Lipinski definition) is 5. The molecule has 140 valence electrons. The molecule has 6 heteroatoms. The fourth-order valence-electron chi connectivity index (χ4n) is 3.73. The molecule has 1 atom stereocenters. The second-order valence-corrected chi connectivity index (χ2v) is 7.02. The number of aromatic amines is 1. The van der Waals surface area contributed by atoms with Crippen molar-refractivity contribution in [2.45, 2.75) is 12.6 Å². The zero-order chi connectivity index (χ0) is 18.8. The van der Waals surface area contributed by atoms with Crippen molar-refractivity contribution >= 4 is 10.9 Å². The van der Waals surface area contributed by atoms with Crippen LogP contribution >= 0.6 is 0 Å². The fourth-order valence-corrected chi connectivity index (χ4v) is 3.73. The molecule has 28 heavy (non-hydrogen) atoms. The molecule has 1 aromatic carbocycles. The third-order valence-electron chi connectivity index (χ3n) is 5.21. The summed E-state index contributed by atoms with van der Waals surface area (Å²) in [5.41, 5.74) is 5.30. The minimum atomic E-state index is -0.0160. The van der Waals surface area contributed by atoms with E-state index in [1.807, 2.05) is 30.6 Å². The topological polar surface area (TPSA) is 66.9 Å². The molecule has 4 heterocycles. The number of benzene rings is 1. The maximum atomic E-state index is 6.01. The van der Waals surface area contributed by atoms with Crippen LogP contribution in [-0.4, -0.2) is 44.8 Å². The summed E-state index contributed by atoms with van der Waals surface area (Å²) in [6, 6.07) is 16.5. The van der Waals surface area contributed by atoms with Crippen molar-refractivity contribution in [3.05, 3.63) is 78.4 Å². The molecule has 0 saturated carbocycles. The minimum Gasteiger partial charge on any atom is -0.369 e. The lowest BCUT2D eigenvalue weighted by atomic mass is 10.1. The van der Waals surface area contributed by atoms with E-state index in [4.69, 9.17) is 4.74 Å². The summed E-state index contributed by atoms with van der Waals surface area (Å²) in [4.78, 5) is 11.5. The number of rotatable bonds is 4. The molecule has 1 N–H and O–H groups in total. The molecule has 0 amide bonds. The largest absolute Gasteiger partial charge is 0.369 e. The Morgan fingerprint density at radius 1 is 1.04 bits per heavy atom. The Morgan fingerprint density at radius 2 is 2.00 bits per heavy atom. The zero-order valence-electron chi connectivity index (χ0n) is 15.5. The van der Waals surface area contributed by atoms with Crippen molar-refractivity contribution in [3.63, 3.8) is 0 Å². The first kappa shape index (κ1) is 17.0. The van der Waals surface area contributed by atoms with Crippen LogP contribution in [0.1, 0.15) is 17.4 Å². The van der Waals surface area contributed by atoms with E-state index in [2.05, 4.69) is 55.4 Å². The minimum absolute atomic E-state index is 0.0160. The monoisotopic (exact) mass is 371 g/mol. The van der Waals surface area contributed by atoms with Gasteiger partial charge in [0.25, 0.3) is 0 Å². The Labute approximate surface area is 163 Å². The van der Waals surface area contributed by atoms with E-state index in [9.17, 15) is 0 Å². The van der Waals surface area contributed by atoms with E-state index in [1.165, 1.54) is 10.9 Å². The molecule has 6 nitrogen and oxygen atoms in total. The molecule has 0 bridgehead atoms. The van der Waals surface area contributed by atoms with E-state index >= 15 is 0 Å². The van der Waals surface area contributed by atoms with Gasteiger partial charge in [-0.15, -0.1) is 0 Å². The molecule has 0 aliphatic carbocycles. The Hall–Kier alpha value is -3.09. The second kappa shape index (κ2) is 7.50. The maximum Gasteiger partial charge on any atom is 0.112 e. The molecule has 4 aromatic rings. The van der Waals surface area contributed by atoms with Crippen molar-refractivity contribution < 1.29 is 4.74 Å². The Bertz CT molecular complexity index is 1060. The molecule has 1 saturated heterocycles. The highest BCUT2D eigenvalue weighted by molar-refractivity contribution is 5.81. The van der Waals surface area contributed by atoms with Crippen LogP contribution in [0.25, 0.3) is 22.2 Å². The van der Waals surface area contributed by atoms with E-state index in [-0.39, 0.29) is 6.10 Å². The summed E-state index contributed by atoms with van der Waals surface area (Å²) in [6.07, 6.45) is 5.50. The van der Waals surface area contributed by atoms with Crippen LogP contribution in [0, 0.1) is 0 Å². The molecule has 1 unspecified atom stereocenters. The highest BCUT2D eigenvalue weighted by atomic mass is 16.5. The van der Waals surface area contributed by atoms with Crippen LogP contribution in [0.4, 0.5) is 0 Å². The summed E-state index contributed by atoms with van der Waals surface area (Å²) < 4.78 is 6.01. The molecular weight excluding hydrogens is 350 g/mol. The number of H-pyrrole nitrogens is 1. The van der Waals surface area contributed by atoms with Crippen LogP contribution in [0.2, 0.25) is 0 Å². The number of morpholine rings is 1. The SMILES string of the molecule is c1ccc2c(CN3CCOC(c4ccc(-c5ccn[nH]5)cn4)C3)ccnc2c1. The first-order chi connectivity index (χ1) is 13.9. The highest BCUT2D eigenvalue weighted by Crippen LogP contribution is 2.25. The number of hydrogen-bond donors (Lipinski definition) is 1. The van der Waals surface area contributed by atoms with Crippen LogP contribution in [-0.2, 0) is 11.3 Å². The van der Waals surface area contributed by atoms with Gasteiger partial charge in [-0.1, -0.05) is 18.2 Å². The van der Waals surface area contributed by atoms with Gasteiger partial charge in [-0.2, -0.15) is 5.10 Å². The van der Waals surface area contributed by atoms with Gasteiger partial charge >= 0.3 is 0 Å². The molecule has 0 spiro atoms. The molecule has 1 aliphatic heterocycles. The van der Waals surface area contributed by atoms with Crippen LogP contribution in [0.15, 0.2) is 67.1 Å². The van der Waals surface area contributed by atoms with Gasteiger partial charge in [0.1, 0.15) is 6.10 Å². The van der Waals surface area contributed by atoms with Crippen LogP contribution in [0.3, 0.4) is 0 Å². The Morgan fingerprint density at radius 3 is 2.86 bits per heavy atom. The van der Waals surface area contributed by atoms with Gasteiger partial charge in [0.2, 0.25) is 0 Å². The first-order valence-corrected chi connectivity index (χ1v) is 9.49. The number of ether oxygens (including phenoxy) is 1. The molecule has 0 radical (unpaired) electrons. The highest BCUT2D eigenvalue weighted by Gasteiger charge is 2.23. The van der Waals surface area contributed by atoms with Crippen molar-refractivity contribution in [1.29, 1.82) is 0 Å². The smallest absolute Gasteiger partial charge is 0.112 e. The number of para-hydroxylation sites is 1. The Balaban J connectivity index is 1.32. The molecule has 5 rings (SSSR count). The predicted octanol–water partition coefficient (Wildman–Crippen LogP) is 3.59. The number of nitrogens with zero attached hydrogens (tertiary/aromatic N) is 4. The summed E-state index contributed by atoms with van der Waals surface area (Å²) in [5.74, 6) is 0. The van der Waals surface area contributed by atoms with Crippen molar-refractivity contribution in [1.82, 2.24) is 25.1 Å². The summed E-state index contributed by atoms with van der Waals surface area (Å²) in [6.45, 7) is 3.33. The number of fused-ring (bicyclic) bond motifs is 1. The predicted molar refractivity (Wildman–Crippen MR) is 108 cm³/mol. The normalized spacial score (nSPS) is 17.8. The number of pyridine rings is 2. The lowest BCUT2D eigenvalue weighted by Gasteiger charge is -2.32.